The third-order valence-corrected chi connectivity index (χ3v) is 4.17. The SMILES string of the molecule is Cc1nc2cc(-c3cccc(-c4ccn(CCCO)n4)c3)ccc2o1. The van der Waals surface area contributed by atoms with Gasteiger partial charge in [0.15, 0.2) is 11.5 Å². The third kappa shape index (κ3) is 3.19. The first-order valence-corrected chi connectivity index (χ1v) is 8.35. The molecule has 5 heteroatoms. The van der Waals surface area contributed by atoms with Crippen molar-refractivity contribution >= 4 is 11.1 Å². The van der Waals surface area contributed by atoms with Gasteiger partial charge in [-0.25, -0.2) is 4.98 Å². The lowest BCUT2D eigenvalue weighted by Crippen LogP contribution is -2.00. The topological polar surface area (TPSA) is 64.1 Å². The lowest BCUT2D eigenvalue weighted by Gasteiger charge is -2.04. The van der Waals surface area contributed by atoms with Gasteiger partial charge in [-0.3, -0.25) is 4.68 Å². The van der Waals surface area contributed by atoms with Gasteiger partial charge < -0.3 is 9.52 Å². The number of benzene rings is 2. The van der Waals surface area contributed by atoms with Gasteiger partial charge in [-0.2, -0.15) is 5.10 Å². The minimum atomic E-state index is 0.175. The number of hydrogen-bond donors (Lipinski definition) is 1. The van der Waals surface area contributed by atoms with Crippen molar-refractivity contribution in [3.8, 4) is 22.4 Å². The van der Waals surface area contributed by atoms with Crippen LogP contribution in [0.1, 0.15) is 12.3 Å². The molecule has 0 unspecified atom stereocenters. The first-order chi connectivity index (χ1) is 12.2. The van der Waals surface area contributed by atoms with Gasteiger partial charge in [-0.1, -0.05) is 24.3 Å². The maximum Gasteiger partial charge on any atom is 0.192 e. The van der Waals surface area contributed by atoms with Crippen LogP contribution in [0.4, 0.5) is 0 Å². The van der Waals surface area contributed by atoms with Crippen LogP contribution in [0.15, 0.2) is 59.1 Å². The highest BCUT2D eigenvalue weighted by molar-refractivity contribution is 5.81. The first-order valence-electron chi connectivity index (χ1n) is 8.35. The van der Waals surface area contributed by atoms with Crippen LogP contribution in [-0.2, 0) is 6.54 Å². The zero-order valence-electron chi connectivity index (χ0n) is 14.0. The highest BCUT2D eigenvalue weighted by Crippen LogP contribution is 2.28. The fourth-order valence-electron chi connectivity index (χ4n) is 2.95. The molecule has 2 aromatic heterocycles. The van der Waals surface area contributed by atoms with Gasteiger partial charge in [0.25, 0.3) is 0 Å². The summed E-state index contributed by atoms with van der Waals surface area (Å²) in [5.41, 5.74) is 5.89. The lowest BCUT2D eigenvalue weighted by atomic mass is 10.0. The van der Waals surface area contributed by atoms with Gasteiger partial charge in [0.05, 0.1) is 5.69 Å². The Hall–Kier alpha value is -2.92. The van der Waals surface area contributed by atoms with E-state index >= 15 is 0 Å². The molecular formula is C20H19N3O2. The van der Waals surface area contributed by atoms with Gasteiger partial charge >= 0.3 is 0 Å². The van der Waals surface area contributed by atoms with E-state index in [-0.39, 0.29) is 6.61 Å². The highest BCUT2D eigenvalue weighted by Gasteiger charge is 2.07. The number of nitrogens with zero attached hydrogens (tertiary/aromatic N) is 3. The van der Waals surface area contributed by atoms with Gasteiger partial charge in [0.1, 0.15) is 5.52 Å². The van der Waals surface area contributed by atoms with Crippen molar-refractivity contribution in [3.05, 3.63) is 60.6 Å². The standard InChI is InChI=1S/C20H19N3O2/c1-14-21-19-13-16(6-7-20(19)25-14)15-4-2-5-17(12-15)18-8-10-23(22-18)9-3-11-24/h2,4-8,10,12-13,24H,3,9,11H2,1H3. The van der Waals surface area contributed by atoms with E-state index in [1.165, 1.54) is 0 Å². The van der Waals surface area contributed by atoms with Crippen molar-refractivity contribution in [3.63, 3.8) is 0 Å². The molecule has 0 aliphatic heterocycles. The Kier molecular flexibility index (Phi) is 4.07. The Bertz CT molecular complexity index is 1020. The summed E-state index contributed by atoms with van der Waals surface area (Å²) < 4.78 is 7.41. The van der Waals surface area contributed by atoms with Crippen molar-refractivity contribution in [1.29, 1.82) is 0 Å². The molecule has 5 nitrogen and oxygen atoms in total. The molecule has 0 radical (unpaired) electrons. The van der Waals surface area contributed by atoms with E-state index in [1.807, 2.05) is 48.1 Å². The molecule has 2 heterocycles. The molecule has 0 fully saturated rings. The molecule has 0 aliphatic carbocycles. The van der Waals surface area contributed by atoms with E-state index in [0.29, 0.717) is 12.3 Å². The molecular weight excluding hydrogens is 314 g/mol. The zero-order valence-corrected chi connectivity index (χ0v) is 14.0. The summed E-state index contributed by atoms with van der Waals surface area (Å²) in [5, 5.41) is 13.5. The van der Waals surface area contributed by atoms with Crippen LogP contribution in [0.3, 0.4) is 0 Å². The lowest BCUT2D eigenvalue weighted by molar-refractivity contribution is 0.277. The van der Waals surface area contributed by atoms with E-state index in [9.17, 15) is 0 Å². The Morgan fingerprint density at radius 3 is 2.76 bits per heavy atom. The number of hydrogen-bond acceptors (Lipinski definition) is 4. The number of oxazole rings is 1. The van der Waals surface area contributed by atoms with Crippen LogP contribution in [-0.4, -0.2) is 26.5 Å². The van der Waals surface area contributed by atoms with Crippen molar-refractivity contribution < 1.29 is 9.52 Å². The predicted octanol–water partition coefficient (Wildman–Crippen LogP) is 4.05. The monoisotopic (exact) mass is 333 g/mol. The van der Waals surface area contributed by atoms with Gasteiger partial charge in [-0.05, 0) is 41.8 Å². The minimum Gasteiger partial charge on any atom is -0.441 e. The Labute approximate surface area is 145 Å². The summed E-state index contributed by atoms with van der Waals surface area (Å²) in [6.45, 7) is 2.75. The second kappa shape index (κ2) is 6.53. The largest absolute Gasteiger partial charge is 0.441 e. The molecule has 0 bridgehead atoms. The Morgan fingerprint density at radius 1 is 1.04 bits per heavy atom. The van der Waals surface area contributed by atoms with Gasteiger partial charge in [-0.15, -0.1) is 0 Å². The van der Waals surface area contributed by atoms with E-state index in [2.05, 4.69) is 28.3 Å². The number of aliphatic hydroxyl groups excluding tert-OH is 1. The molecule has 0 saturated carbocycles. The van der Waals surface area contributed by atoms with Crippen molar-refractivity contribution in [2.75, 3.05) is 6.61 Å². The van der Waals surface area contributed by atoms with E-state index in [1.54, 1.807) is 0 Å². The third-order valence-electron chi connectivity index (χ3n) is 4.17. The Balaban J connectivity index is 1.67. The molecule has 126 valence electrons. The first kappa shape index (κ1) is 15.6. The maximum absolute atomic E-state index is 8.94. The molecule has 0 saturated heterocycles. The van der Waals surface area contributed by atoms with Gasteiger partial charge in [0.2, 0.25) is 0 Å². The van der Waals surface area contributed by atoms with E-state index in [0.717, 1.165) is 40.0 Å². The minimum absolute atomic E-state index is 0.175. The smallest absolute Gasteiger partial charge is 0.192 e. The number of aliphatic hydroxyl groups is 1. The normalized spacial score (nSPS) is 11.3. The Morgan fingerprint density at radius 2 is 1.88 bits per heavy atom. The van der Waals surface area contributed by atoms with Crippen molar-refractivity contribution in [2.45, 2.75) is 19.9 Å². The molecule has 25 heavy (non-hydrogen) atoms. The highest BCUT2D eigenvalue weighted by atomic mass is 16.3. The number of fused-ring (bicyclic) bond motifs is 1. The average Bonchev–Trinajstić information content (AvgIpc) is 3.25. The van der Waals surface area contributed by atoms with Crippen LogP contribution < -0.4 is 0 Å². The summed E-state index contributed by atoms with van der Waals surface area (Å²) in [6.07, 6.45) is 2.65. The molecule has 0 amide bonds. The number of aromatic nitrogens is 3. The molecule has 0 spiro atoms. The average molecular weight is 333 g/mol. The van der Waals surface area contributed by atoms with Crippen LogP contribution >= 0.6 is 0 Å². The summed E-state index contributed by atoms with van der Waals surface area (Å²) in [6, 6.07) is 16.4. The van der Waals surface area contributed by atoms with E-state index < -0.39 is 0 Å². The summed E-state index contributed by atoms with van der Waals surface area (Å²) in [7, 11) is 0. The van der Waals surface area contributed by atoms with Gasteiger partial charge in [0, 0.05) is 31.8 Å². The quantitative estimate of drug-likeness (QED) is 0.598. The van der Waals surface area contributed by atoms with Crippen LogP contribution in [0, 0.1) is 6.92 Å². The van der Waals surface area contributed by atoms with Crippen molar-refractivity contribution in [2.24, 2.45) is 0 Å². The fraction of sp³-hybridized carbons (Fsp3) is 0.200. The maximum atomic E-state index is 8.94. The second-order valence-corrected chi connectivity index (χ2v) is 6.04. The second-order valence-electron chi connectivity index (χ2n) is 6.04. The van der Waals surface area contributed by atoms with Crippen LogP contribution in [0.25, 0.3) is 33.5 Å². The zero-order chi connectivity index (χ0) is 17.2. The fourth-order valence-corrected chi connectivity index (χ4v) is 2.95. The molecule has 0 atom stereocenters. The molecule has 4 rings (SSSR count). The molecule has 4 aromatic rings. The van der Waals surface area contributed by atoms with Crippen LogP contribution in [0.2, 0.25) is 0 Å². The number of aryl methyl sites for hydroxylation is 2. The van der Waals surface area contributed by atoms with Crippen molar-refractivity contribution in [1.82, 2.24) is 14.8 Å². The summed E-state index contributed by atoms with van der Waals surface area (Å²) in [4.78, 5) is 4.41. The summed E-state index contributed by atoms with van der Waals surface area (Å²) in [5.74, 6) is 0.675. The molecule has 1 N–H and O–H groups in total. The van der Waals surface area contributed by atoms with Crippen LogP contribution in [0.5, 0.6) is 0 Å². The number of rotatable bonds is 5. The summed E-state index contributed by atoms with van der Waals surface area (Å²) >= 11 is 0. The molecule has 2 aromatic carbocycles. The molecule has 0 aliphatic rings. The predicted molar refractivity (Wildman–Crippen MR) is 97.1 cm³/mol. The van der Waals surface area contributed by atoms with E-state index in [4.69, 9.17) is 9.52 Å².